The Morgan fingerprint density at radius 3 is 2.52 bits per heavy atom. The Hall–Kier alpha value is -3.32. The van der Waals surface area contributed by atoms with Crippen molar-refractivity contribution in [3.63, 3.8) is 0 Å². The molecule has 4 rings (SSSR count). The minimum atomic E-state index is 0.765. The Kier molecular flexibility index (Phi) is 3.83. The number of para-hydroxylation sites is 2. The highest BCUT2D eigenvalue weighted by molar-refractivity contribution is 5.84. The van der Waals surface area contributed by atoms with Crippen molar-refractivity contribution in [2.24, 2.45) is 7.05 Å². The maximum absolute atomic E-state index is 4.80. The van der Waals surface area contributed by atoms with Crippen LogP contribution in [-0.4, -0.2) is 19.3 Å². The van der Waals surface area contributed by atoms with E-state index in [4.69, 9.17) is 4.98 Å². The van der Waals surface area contributed by atoms with E-state index >= 15 is 0 Å². The quantitative estimate of drug-likeness (QED) is 0.526. The number of aryl methyl sites for hydroxylation is 2. The zero-order chi connectivity index (χ0) is 17.2. The number of benzene rings is 2. The third kappa shape index (κ3) is 2.81. The number of imidazole rings is 1. The fourth-order valence-corrected chi connectivity index (χ4v) is 2.98. The van der Waals surface area contributed by atoms with Gasteiger partial charge in [-0.2, -0.15) is 5.10 Å². The van der Waals surface area contributed by atoms with Crippen LogP contribution < -0.4 is 0 Å². The van der Waals surface area contributed by atoms with Gasteiger partial charge in [-0.15, -0.1) is 0 Å². The van der Waals surface area contributed by atoms with Crippen LogP contribution in [0.25, 0.3) is 16.7 Å². The predicted octanol–water partition coefficient (Wildman–Crippen LogP) is 3.72. The van der Waals surface area contributed by atoms with E-state index in [0.29, 0.717) is 0 Å². The topological polar surface area (TPSA) is 35.6 Å². The van der Waals surface area contributed by atoms with Gasteiger partial charge in [-0.05, 0) is 36.3 Å². The van der Waals surface area contributed by atoms with Crippen LogP contribution in [0, 0.1) is 11.8 Å². The van der Waals surface area contributed by atoms with Gasteiger partial charge in [-0.1, -0.05) is 37.1 Å². The normalized spacial score (nSPS) is 10.6. The lowest BCUT2D eigenvalue weighted by Crippen LogP contribution is -2.00. The maximum Gasteiger partial charge on any atom is 0.135 e. The molecular weight excluding hydrogens is 308 g/mol. The Morgan fingerprint density at radius 1 is 0.960 bits per heavy atom. The molecule has 25 heavy (non-hydrogen) atoms. The first kappa shape index (κ1) is 15.2. The summed E-state index contributed by atoms with van der Waals surface area (Å²) in [5.41, 5.74) is 4.84. The molecule has 0 saturated heterocycles. The van der Waals surface area contributed by atoms with Crippen LogP contribution in [-0.2, 0) is 13.5 Å². The van der Waals surface area contributed by atoms with Crippen molar-refractivity contribution >= 4 is 11.0 Å². The Labute approximate surface area is 146 Å². The fraction of sp³-hybridized carbons (Fsp3) is 0.143. The van der Waals surface area contributed by atoms with Crippen molar-refractivity contribution in [1.29, 1.82) is 0 Å². The molecule has 0 saturated carbocycles. The SMILES string of the molecule is CCc1nc2cccc(C#Cc3ccn(C)n3)c2n1-c1ccccc1. The molecule has 2 heterocycles. The molecular formula is C21H18N4. The second kappa shape index (κ2) is 6.29. The van der Waals surface area contributed by atoms with Crippen LogP contribution in [0.15, 0.2) is 60.8 Å². The first-order chi connectivity index (χ1) is 12.3. The summed E-state index contributed by atoms with van der Waals surface area (Å²) in [6.45, 7) is 2.12. The molecule has 0 N–H and O–H groups in total. The van der Waals surface area contributed by atoms with Crippen molar-refractivity contribution in [1.82, 2.24) is 19.3 Å². The van der Waals surface area contributed by atoms with Gasteiger partial charge in [0.1, 0.15) is 11.5 Å². The molecule has 0 aliphatic carbocycles. The first-order valence-corrected chi connectivity index (χ1v) is 8.33. The average Bonchev–Trinajstić information content (AvgIpc) is 3.24. The molecule has 0 bridgehead atoms. The first-order valence-electron chi connectivity index (χ1n) is 8.33. The van der Waals surface area contributed by atoms with Gasteiger partial charge in [0.05, 0.1) is 16.6 Å². The molecule has 0 fully saturated rings. The van der Waals surface area contributed by atoms with Gasteiger partial charge in [0.25, 0.3) is 0 Å². The molecule has 0 atom stereocenters. The highest BCUT2D eigenvalue weighted by atomic mass is 15.2. The number of rotatable bonds is 2. The molecule has 0 amide bonds. The van der Waals surface area contributed by atoms with E-state index in [2.05, 4.69) is 40.6 Å². The summed E-state index contributed by atoms with van der Waals surface area (Å²) in [4.78, 5) is 4.80. The van der Waals surface area contributed by atoms with Crippen LogP contribution in [0.2, 0.25) is 0 Å². The summed E-state index contributed by atoms with van der Waals surface area (Å²) in [6.07, 6.45) is 2.75. The van der Waals surface area contributed by atoms with Crippen molar-refractivity contribution in [3.8, 4) is 17.5 Å². The van der Waals surface area contributed by atoms with E-state index in [9.17, 15) is 0 Å². The summed E-state index contributed by atoms with van der Waals surface area (Å²) >= 11 is 0. The number of hydrogen-bond donors (Lipinski definition) is 0. The zero-order valence-corrected chi connectivity index (χ0v) is 14.3. The largest absolute Gasteiger partial charge is 0.295 e. The molecule has 2 aromatic carbocycles. The van der Waals surface area contributed by atoms with Crippen molar-refractivity contribution in [2.75, 3.05) is 0 Å². The smallest absolute Gasteiger partial charge is 0.135 e. The lowest BCUT2D eigenvalue weighted by Gasteiger charge is -2.09. The highest BCUT2D eigenvalue weighted by Gasteiger charge is 2.13. The number of aromatic nitrogens is 4. The summed E-state index contributed by atoms with van der Waals surface area (Å²) in [6, 6.07) is 18.3. The number of fused-ring (bicyclic) bond motifs is 1. The fourth-order valence-electron chi connectivity index (χ4n) is 2.98. The van der Waals surface area contributed by atoms with Crippen LogP contribution in [0.1, 0.15) is 24.0 Å². The minimum Gasteiger partial charge on any atom is -0.295 e. The molecule has 4 heteroatoms. The Bertz CT molecular complexity index is 1090. The van der Waals surface area contributed by atoms with E-state index < -0.39 is 0 Å². The van der Waals surface area contributed by atoms with Gasteiger partial charge in [0, 0.05) is 25.4 Å². The van der Waals surface area contributed by atoms with Gasteiger partial charge in [0.2, 0.25) is 0 Å². The Morgan fingerprint density at radius 2 is 1.80 bits per heavy atom. The summed E-state index contributed by atoms with van der Waals surface area (Å²) in [7, 11) is 1.89. The Balaban J connectivity index is 1.94. The molecule has 4 nitrogen and oxygen atoms in total. The molecule has 0 spiro atoms. The molecule has 4 aromatic rings. The summed E-state index contributed by atoms with van der Waals surface area (Å²) in [5, 5.41) is 4.33. The highest BCUT2D eigenvalue weighted by Crippen LogP contribution is 2.24. The van der Waals surface area contributed by atoms with Crippen LogP contribution in [0.5, 0.6) is 0 Å². The molecule has 0 unspecified atom stereocenters. The van der Waals surface area contributed by atoms with Gasteiger partial charge >= 0.3 is 0 Å². The third-order valence-corrected chi connectivity index (χ3v) is 4.12. The van der Waals surface area contributed by atoms with E-state index in [1.54, 1.807) is 4.68 Å². The van der Waals surface area contributed by atoms with Gasteiger partial charge in [-0.3, -0.25) is 9.25 Å². The van der Waals surface area contributed by atoms with Gasteiger partial charge in [0.15, 0.2) is 0 Å². The van der Waals surface area contributed by atoms with Crippen molar-refractivity contribution in [3.05, 3.63) is 77.9 Å². The maximum atomic E-state index is 4.80. The summed E-state index contributed by atoms with van der Waals surface area (Å²) in [5.74, 6) is 7.47. The lowest BCUT2D eigenvalue weighted by molar-refractivity contribution is 0.764. The molecule has 0 aliphatic rings. The van der Waals surface area contributed by atoms with E-state index in [-0.39, 0.29) is 0 Å². The minimum absolute atomic E-state index is 0.765. The van der Waals surface area contributed by atoms with Crippen LogP contribution >= 0.6 is 0 Å². The van der Waals surface area contributed by atoms with E-state index in [1.807, 2.05) is 55.7 Å². The molecule has 122 valence electrons. The van der Waals surface area contributed by atoms with Crippen LogP contribution in [0.3, 0.4) is 0 Å². The standard InChI is InChI=1S/C21H18N4/c1-3-20-22-19-11-7-8-16(12-13-17-14-15-24(2)23-17)21(19)25(20)18-9-5-4-6-10-18/h4-11,14-15H,3H2,1-2H3. The zero-order valence-electron chi connectivity index (χ0n) is 14.3. The van der Waals surface area contributed by atoms with Gasteiger partial charge < -0.3 is 0 Å². The predicted molar refractivity (Wildman–Crippen MR) is 99.6 cm³/mol. The second-order valence-corrected chi connectivity index (χ2v) is 5.85. The molecule has 2 aromatic heterocycles. The van der Waals surface area contributed by atoms with E-state index in [0.717, 1.165) is 40.2 Å². The third-order valence-electron chi connectivity index (χ3n) is 4.12. The molecule has 0 aliphatic heterocycles. The average molecular weight is 326 g/mol. The van der Waals surface area contributed by atoms with Crippen molar-refractivity contribution in [2.45, 2.75) is 13.3 Å². The van der Waals surface area contributed by atoms with Gasteiger partial charge in [-0.25, -0.2) is 4.98 Å². The second-order valence-electron chi connectivity index (χ2n) is 5.85. The summed E-state index contributed by atoms with van der Waals surface area (Å²) < 4.78 is 3.96. The van der Waals surface area contributed by atoms with E-state index in [1.165, 1.54) is 0 Å². The number of nitrogens with zero attached hydrogens (tertiary/aromatic N) is 4. The van der Waals surface area contributed by atoms with Crippen LogP contribution in [0.4, 0.5) is 0 Å². The molecule has 0 radical (unpaired) electrons. The van der Waals surface area contributed by atoms with Crippen molar-refractivity contribution < 1.29 is 0 Å². The number of hydrogen-bond acceptors (Lipinski definition) is 2. The lowest BCUT2D eigenvalue weighted by atomic mass is 10.1. The monoisotopic (exact) mass is 326 g/mol.